The first kappa shape index (κ1) is 9.53. The maximum Gasteiger partial charge on any atom is 0.238 e. The molecule has 3 heterocycles. The lowest BCUT2D eigenvalue weighted by Gasteiger charge is -2.06. The van der Waals surface area contributed by atoms with E-state index in [1.807, 2.05) is 0 Å². The van der Waals surface area contributed by atoms with E-state index in [0.29, 0.717) is 29.4 Å². The largest absolute Gasteiger partial charge is 0.342 e. The molecular formula is C10H13N5O. The first-order chi connectivity index (χ1) is 7.84. The van der Waals surface area contributed by atoms with E-state index in [-0.39, 0.29) is 0 Å². The van der Waals surface area contributed by atoms with Gasteiger partial charge in [-0.2, -0.15) is 4.98 Å². The zero-order valence-electron chi connectivity index (χ0n) is 8.97. The van der Waals surface area contributed by atoms with Gasteiger partial charge in [-0.3, -0.25) is 0 Å². The summed E-state index contributed by atoms with van der Waals surface area (Å²) in [5, 5.41) is 7.24. The van der Waals surface area contributed by atoms with Crippen LogP contribution >= 0.6 is 0 Å². The van der Waals surface area contributed by atoms with E-state index in [9.17, 15) is 0 Å². The third-order valence-electron chi connectivity index (χ3n) is 2.99. The van der Waals surface area contributed by atoms with Crippen LogP contribution in [0.25, 0.3) is 11.6 Å². The lowest BCUT2D eigenvalue weighted by Crippen LogP contribution is -2.08. The van der Waals surface area contributed by atoms with Crippen molar-refractivity contribution in [1.82, 2.24) is 25.4 Å². The summed E-state index contributed by atoms with van der Waals surface area (Å²) >= 11 is 0. The maximum atomic E-state index is 5.28. The second-order valence-electron chi connectivity index (χ2n) is 4.14. The third-order valence-corrected chi connectivity index (χ3v) is 2.99. The summed E-state index contributed by atoms with van der Waals surface area (Å²) in [6, 6.07) is 0. The third kappa shape index (κ3) is 1.51. The van der Waals surface area contributed by atoms with Crippen molar-refractivity contribution in [1.29, 1.82) is 0 Å². The van der Waals surface area contributed by atoms with E-state index in [2.05, 4.69) is 32.3 Å². The summed E-state index contributed by atoms with van der Waals surface area (Å²) in [5.74, 6) is 2.72. The molecule has 6 nitrogen and oxygen atoms in total. The van der Waals surface area contributed by atoms with Gasteiger partial charge in [0, 0.05) is 18.9 Å². The summed E-state index contributed by atoms with van der Waals surface area (Å²) < 4.78 is 5.28. The van der Waals surface area contributed by atoms with Crippen LogP contribution in [0.3, 0.4) is 0 Å². The van der Waals surface area contributed by atoms with E-state index in [0.717, 1.165) is 13.1 Å². The average Bonchev–Trinajstić information content (AvgIpc) is 2.96. The van der Waals surface area contributed by atoms with Gasteiger partial charge in [0.1, 0.15) is 0 Å². The molecule has 1 aliphatic rings. The van der Waals surface area contributed by atoms with Crippen molar-refractivity contribution in [2.75, 3.05) is 13.1 Å². The number of aromatic nitrogens is 4. The van der Waals surface area contributed by atoms with Crippen LogP contribution in [0.15, 0.2) is 16.9 Å². The Labute approximate surface area is 92.5 Å². The van der Waals surface area contributed by atoms with Gasteiger partial charge >= 0.3 is 0 Å². The molecule has 0 amide bonds. The molecule has 2 aromatic rings. The fourth-order valence-corrected chi connectivity index (χ4v) is 2.01. The van der Waals surface area contributed by atoms with E-state index < -0.39 is 0 Å². The summed E-state index contributed by atoms with van der Waals surface area (Å²) in [7, 11) is 0. The maximum absolute atomic E-state index is 5.28. The second-order valence-corrected chi connectivity index (χ2v) is 4.14. The quantitative estimate of drug-likeness (QED) is 0.780. The minimum Gasteiger partial charge on any atom is -0.342 e. The molecule has 2 atom stereocenters. The number of nitrogens with one attached hydrogen (secondary N) is 2. The Hall–Kier alpha value is -1.69. The number of hydrogen-bond donors (Lipinski definition) is 2. The predicted molar refractivity (Wildman–Crippen MR) is 56.7 cm³/mol. The molecule has 0 aromatic carbocycles. The number of nitrogens with zero attached hydrogens (tertiary/aromatic N) is 3. The lowest BCUT2D eigenvalue weighted by molar-refractivity contribution is 0.340. The van der Waals surface area contributed by atoms with Crippen LogP contribution in [0.1, 0.15) is 18.7 Å². The molecule has 1 fully saturated rings. The van der Waals surface area contributed by atoms with E-state index in [1.54, 1.807) is 12.4 Å². The Kier molecular flexibility index (Phi) is 2.21. The van der Waals surface area contributed by atoms with Crippen molar-refractivity contribution in [3.8, 4) is 11.6 Å². The van der Waals surface area contributed by atoms with Gasteiger partial charge in [0.25, 0.3) is 0 Å². The van der Waals surface area contributed by atoms with Crippen molar-refractivity contribution in [3.63, 3.8) is 0 Å². The van der Waals surface area contributed by atoms with E-state index in [1.165, 1.54) is 0 Å². The zero-order valence-corrected chi connectivity index (χ0v) is 8.97. The fourth-order valence-electron chi connectivity index (χ4n) is 2.01. The fraction of sp³-hybridized carbons (Fsp3) is 0.500. The van der Waals surface area contributed by atoms with Gasteiger partial charge in [-0.05, 0) is 12.5 Å². The number of imidazole rings is 1. The molecule has 2 N–H and O–H groups in total. The average molecular weight is 219 g/mol. The molecule has 0 bridgehead atoms. The highest BCUT2D eigenvalue weighted by molar-refractivity contribution is 5.40. The Morgan fingerprint density at radius 1 is 1.44 bits per heavy atom. The number of H-pyrrole nitrogens is 1. The van der Waals surface area contributed by atoms with Crippen LogP contribution in [0.4, 0.5) is 0 Å². The van der Waals surface area contributed by atoms with Crippen molar-refractivity contribution in [3.05, 3.63) is 18.3 Å². The summed E-state index contributed by atoms with van der Waals surface area (Å²) in [6.07, 6.45) is 3.41. The smallest absolute Gasteiger partial charge is 0.238 e. The molecule has 84 valence electrons. The summed E-state index contributed by atoms with van der Waals surface area (Å²) in [4.78, 5) is 11.4. The van der Waals surface area contributed by atoms with Crippen LogP contribution in [-0.2, 0) is 0 Å². The topological polar surface area (TPSA) is 79.6 Å². The van der Waals surface area contributed by atoms with Crippen molar-refractivity contribution < 1.29 is 4.52 Å². The number of aromatic amines is 1. The second kappa shape index (κ2) is 3.71. The molecular weight excluding hydrogens is 206 g/mol. The molecule has 0 unspecified atom stereocenters. The van der Waals surface area contributed by atoms with Crippen molar-refractivity contribution in [2.24, 2.45) is 5.92 Å². The minimum atomic E-state index is 0.316. The van der Waals surface area contributed by atoms with Gasteiger partial charge < -0.3 is 14.8 Å². The molecule has 1 saturated heterocycles. The van der Waals surface area contributed by atoms with Crippen molar-refractivity contribution >= 4 is 0 Å². The van der Waals surface area contributed by atoms with Crippen LogP contribution in [-0.4, -0.2) is 33.2 Å². The molecule has 16 heavy (non-hydrogen) atoms. The Balaban J connectivity index is 1.88. The molecule has 0 spiro atoms. The summed E-state index contributed by atoms with van der Waals surface area (Å²) in [5.41, 5.74) is 0. The highest BCUT2D eigenvalue weighted by Gasteiger charge is 2.29. The molecule has 2 aromatic heterocycles. The van der Waals surface area contributed by atoms with Crippen LogP contribution < -0.4 is 5.32 Å². The molecule has 3 rings (SSSR count). The van der Waals surface area contributed by atoms with Crippen molar-refractivity contribution in [2.45, 2.75) is 12.8 Å². The molecule has 0 aliphatic carbocycles. The highest BCUT2D eigenvalue weighted by Crippen LogP contribution is 2.27. The van der Waals surface area contributed by atoms with Gasteiger partial charge in [-0.1, -0.05) is 12.1 Å². The molecule has 0 saturated carbocycles. The van der Waals surface area contributed by atoms with Crippen LogP contribution in [0.2, 0.25) is 0 Å². The monoisotopic (exact) mass is 219 g/mol. The Morgan fingerprint density at radius 3 is 3.06 bits per heavy atom. The number of hydrogen-bond acceptors (Lipinski definition) is 5. The Morgan fingerprint density at radius 2 is 2.38 bits per heavy atom. The molecule has 6 heteroatoms. The number of rotatable bonds is 2. The van der Waals surface area contributed by atoms with Gasteiger partial charge in [0.05, 0.1) is 5.92 Å². The SMILES string of the molecule is C[C@@H]1CNC[C@H]1c1nc(-c2ncc[nH]2)no1. The normalized spacial score (nSPS) is 25.1. The van der Waals surface area contributed by atoms with Crippen LogP contribution in [0.5, 0.6) is 0 Å². The molecule has 0 radical (unpaired) electrons. The predicted octanol–water partition coefficient (Wildman–Crippen LogP) is 0.783. The molecule has 1 aliphatic heterocycles. The minimum absolute atomic E-state index is 0.316. The van der Waals surface area contributed by atoms with Gasteiger partial charge in [0.15, 0.2) is 5.82 Å². The van der Waals surface area contributed by atoms with Gasteiger partial charge in [-0.15, -0.1) is 0 Å². The zero-order chi connectivity index (χ0) is 11.0. The summed E-state index contributed by atoms with van der Waals surface area (Å²) in [6.45, 7) is 4.09. The first-order valence-electron chi connectivity index (χ1n) is 5.38. The van der Waals surface area contributed by atoms with E-state index >= 15 is 0 Å². The Bertz CT molecular complexity index is 463. The van der Waals surface area contributed by atoms with Gasteiger partial charge in [0.2, 0.25) is 11.7 Å². The van der Waals surface area contributed by atoms with Crippen LogP contribution in [0, 0.1) is 5.92 Å². The van der Waals surface area contributed by atoms with Gasteiger partial charge in [-0.25, -0.2) is 4.98 Å². The standard InChI is InChI=1S/C10H13N5O/c1-6-4-11-5-7(6)10-14-9(15-16-10)8-12-2-3-13-8/h2-3,6-7,11H,4-5H2,1H3,(H,12,13)/t6-,7-/m1/s1. The highest BCUT2D eigenvalue weighted by atomic mass is 16.5. The van der Waals surface area contributed by atoms with E-state index in [4.69, 9.17) is 4.52 Å². The lowest BCUT2D eigenvalue weighted by atomic mass is 9.98. The first-order valence-corrected chi connectivity index (χ1v) is 5.38.